The average Bonchev–Trinajstić information content (AvgIpc) is 2.55. The Kier molecular flexibility index (Phi) is 5.29. The topological polar surface area (TPSA) is 87.3 Å². The van der Waals surface area contributed by atoms with Crippen LogP contribution in [0.2, 0.25) is 0 Å². The molecule has 1 heterocycles. The summed E-state index contributed by atoms with van der Waals surface area (Å²) in [5, 5.41) is 6.03. The van der Waals surface area contributed by atoms with E-state index >= 15 is 0 Å². The van der Waals surface area contributed by atoms with Crippen LogP contribution in [0.5, 0.6) is 0 Å². The molecule has 0 unspecified atom stereocenters. The van der Waals surface area contributed by atoms with Gasteiger partial charge in [0.25, 0.3) is 15.9 Å². The van der Waals surface area contributed by atoms with E-state index in [1.807, 2.05) is 19.1 Å². The van der Waals surface area contributed by atoms with E-state index in [2.05, 4.69) is 15.4 Å². The maximum atomic E-state index is 12.6. The van der Waals surface area contributed by atoms with Crippen molar-refractivity contribution in [2.45, 2.75) is 18.7 Å². The van der Waals surface area contributed by atoms with Gasteiger partial charge in [-0.3, -0.25) is 9.52 Å². The van der Waals surface area contributed by atoms with Crippen molar-refractivity contribution in [1.29, 1.82) is 0 Å². The number of hydrogen-bond donors (Lipinski definition) is 3. The fourth-order valence-electron chi connectivity index (χ4n) is 2.67. The van der Waals surface area contributed by atoms with Crippen molar-refractivity contribution in [2.24, 2.45) is 5.92 Å². The van der Waals surface area contributed by atoms with Crippen LogP contribution < -0.4 is 15.4 Å². The van der Waals surface area contributed by atoms with Gasteiger partial charge in [0.15, 0.2) is 0 Å². The van der Waals surface area contributed by atoms with Crippen molar-refractivity contribution in [3.63, 3.8) is 0 Å². The number of carbonyl (C=O) groups excluding carboxylic acids is 1. The molecule has 26 heavy (non-hydrogen) atoms. The van der Waals surface area contributed by atoms with E-state index in [0.29, 0.717) is 23.7 Å². The molecule has 1 fully saturated rings. The number of carbonyl (C=O) groups is 1. The van der Waals surface area contributed by atoms with Crippen LogP contribution in [0.4, 0.5) is 5.69 Å². The molecule has 0 spiro atoms. The van der Waals surface area contributed by atoms with Crippen LogP contribution in [-0.4, -0.2) is 34.0 Å². The minimum absolute atomic E-state index is 0.0686. The molecule has 138 valence electrons. The van der Waals surface area contributed by atoms with Gasteiger partial charge in [-0.15, -0.1) is 0 Å². The van der Waals surface area contributed by atoms with Crippen molar-refractivity contribution in [3.05, 3.63) is 59.2 Å². The fourth-order valence-corrected chi connectivity index (χ4v) is 3.76. The molecule has 0 radical (unpaired) electrons. The van der Waals surface area contributed by atoms with Gasteiger partial charge in [-0.05, 0) is 43.7 Å². The molecule has 1 amide bonds. The highest BCUT2D eigenvalue weighted by Gasteiger charge is 2.20. The Balaban J connectivity index is 1.78. The van der Waals surface area contributed by atoms with Crippen molar-refractivity contribution in [3.8, 4) is 0 Å². The first-order valence-electron chi connectivity index (χ1n) is 8.54. The molecule has 0 aromatic heterocycles. The Morgan fingerprint density at radius 1 is 1.12 bits per heavy atom. The van der Waals surface area contributed by atoms with Gasteiger partial charge in [0.2, 0.25) is 0 Å². The fraction of sp³-hybridized carbons (Fsp3) is 0.316. The summed E-state index contributed by atoms with van der Waals surface area (Å²) in [5.74, 6) is 0.191. The van der Waals surface area contributed by atoms with Gasteiger partial charge in [0.1, 0.15) is 0 Å². The highest BCUT2D eigenvalue weighted by atomic mass is 32.2. The quantitative estimate of drug-likeness (QED) is 0.723. The molecule has 0 bridgehead atoms. The standard InChI is InChI=1S/C19H23N3O3S/c1-13-3-6-16(7-4-13)22-26(24,25)17-8-5-14(2)18(9-17)19(23)21-12-15-10-20-11-15/h3-9,15,20,22H,10-12H2,1-2H3,(H,21,23). The summed E-state index contributed by atoms with van der Waals surface area (Å²) in [7, 11) is -3.76. The molecule has 3 N–H and O–H groups in total. The first-order chi connectivity index (χ1) is 12.3. The lowest BCUT2D eigenvalue weighted by molar-refractivity contribution is 0.0941. The molecule has 1 saturated heterocycles. The molecular weight excluding hydrogens is 350 g/mol. The monoisotopic (exact) mass is 373 g/mol. The van der Waals surface area contributed by atoms with Crippen LogP contribution in [0, 0.1) is 19.8 Å². The molecule has 2 aromatic carbocycles. The van der Waals surface area contributed by atoms with Crippen molar-refractivity contribution in [2.75, 3.05) is 24.4 Å². The molecule has 0 aliphatic carbocycles. The molecule has 2 aromatic rings. The van der Waals surface area contributed by atoms with Crippen molar-refractivity contribution in [1.82, 2.24) is 10.6 Å². The molecular formula is C19H23N3O3S. The molecule has 0 saturated carbocycles. The number of anilines is 1. The minimum Gasteiger partial charge on any atom is -0.352 e. The molecule has 7 heteroatoms. The zero-order valence-corrected chi connectivity index (χ0v) is 15.7. The molecule has 3 rings (SSSR count). The number of amides is 1. The molecule has 1 aliphatic rings. The van der Waals surface area contributed by atoms with Gasteiger partial charge in [-0.1, -0.05) is 23.8 Å². The minimum atomic E-state index is -3.76. The first-order valence-corrected chi connectivity index (χ1v) is 10.0. The Hall–Kier alpha value is -2.38. The predicted octanol–water partition coefficient (Wildman–Crippen LogP) is 2.05. The summed E-state index contributed by atoms with van der Waals surface area (Å²) >= 11 is 0. The van der Waals surface area contributed by atoms with E-state index in [1.165, 1.54) is 12.1 Å². The van der Waals surface area contributed by atoms with E-state index in [1.54, 1.807) is 25.1 Å². The zero-order chi connectivity index (χ0) is 18.7. The van der Waals surface area contributed by atoms with Gasteiger partial charge in [0, 0.05) is 36.8 Å². The summed E-state index contributed by atoms with van der Waals surface area (Å²) in [6, 6.07) is 11.7. The van der Waals surface area contributed by atoms with Crippen molar-refractivity contribution < 1.29 is 13.2 Å². The second-order valence-corrected chi connectivity index (χ2v) is 8.36. The van der Waals surface area contributed by atoms with Crippen LogP contribution in [0.1, 0.15) is 21.5 Å². The number of sulfonamides is 1. The smallest absolute Gasteiger partial charge is 0.261 e. The van der Waals surface area contributed by atoms with E-state index in [9.17, 15) is 13.2 Å². The Bertz CT molecular complexity index is 904. The first kappa shape index (κ1) is 18.4. The third kappa shape index (κ3) is 4.23. The van der Waals surface area contributed by atoms with E-state index in [-0.39, 0.29) is 10.8 Å². The lowest BCUT2D eigenvalue weighted by Crippen LogP contribution is -2.48. The van der Waals surface area contributed by atoms with Gasteiger partial charge in [0.05, 0.1) is 4.90 Å². The summed E-state index contributed by atoms with van der Waals surface area (Å²) in [6.07, 6.45) is 0. The van der Waals surface area contributed by atoms with Gasteiger partial charge in [-0.2, -0.15) is 0 Å². The lowest BCUT2D eigenvalue weighted by Gasteiger charge is -2.27. The van der Waals surface area contributed by atoms with E-state index < -0.39 is 10.0 Å². The number of hydrogen-bond acceptors (Lipinski definition) is 4. The van der Waals surface area contributed by atoms with Gasteiger partial charge < -0.3 is 10.6 Å². The van der Waals surface area contributed by atoms with Gasteiger partial charge in [-0.25, -0.2) is 8.42 Å². The van der Waals surface area contributed by atoms with Crippen LogP contribution in [-0.2, 0) is 10.0 Å². The summed E-state index contributed by atoms with van der Waals surface area (Å²) in [4.78, 5) is 12.5. The van der Waals surface area contributed by atoms with E-state index in [0.717, 1.165) is 24.2 Å². The third-order valence-electron chi connectivity index (χ3n) is 4.49. The molecule has 0 atom stereocenters. The van der Waals surface area contributed by atoms with Crippen LogP contribution in [0.15, 0.2) is 47.4 Å². The van der Waals surface area contributed by atoms with Crippen LogP contribution >= 0.6 is 0 Å². The number of aryl methyl sites for hydroxylation is 2. The maximum absolute atomic E-state index is 12.6. The second-order valence-electron chi connectivity index (χ2n) is 6.68. The van der Waals surface area contributed by atoms with Crippen LogP contribution in [0.25, 0.3) is 0 Å². The van der Waals surface area contributed by atoms with Crippen molar-refractivity contribution >= 4 is 21.6 Å². The highest BCUT2D eigenvalue weighted by molar-refractivity contribution is 7.92. The second kappa shape index (κ2) is 7.47. The number of nitrogens with one attached hydrogen (secondary N) is 3. The number of benzene rings is 2. The SMILES string of the molecule is Cc1ccc(NS(=O)(=O)c2ccc(C)c(C(=O)NCC3CNC3)c2)cc1. The number of rotatable bonds is 6. The largest absolute Gasteiger partial charge is 0.352 e. The normalized spacial score (nSPS) is 14.5. The predicted molar refractivity (Wildman–Crippen MR) is 102 cm³/mol. The summed E-state index contributed by atoms with van der Waals surface area (Å²) in [5.41, 5.74) is 2.65. The maximum Gasteiger partial charge on any atom is 0.261 e. The average molecular weight is 373 g/mol. The van der Waals surface area contributed by atoms with Crippen LogP contribution in [0.3, 0.4) is 0 Å². The zero-order valence-electron chi connectivity index (χ0n) is 14.9. The Morgan fingerprint density at radius 2 is 1.81 bits per heavy atom. The third-order valence-corrected chi connectivity index (χ3v) is 5.86. The highest BCUT2D eigenvalue weighted by Crippen LogP contribution is 2.20. The molecule has 6 nitrogen and oxygen atoms in total. The molecule has 1 aliphatic heterocycles. The Labute approximate surface area is 154 Å². The summed E-state index contributed by atoms with van der Waals surface area (Å²) in [6.45, 7) is 6.11. The van der Waals surface area contributed by atoms with Gasteiger partial charge >= 0.3 is 0 Å². The summed E-state index contributed by atoms with van der Waals surface area (Å²) < 4.78 is 27.8. The lowest BCUT2D eigenvalue weighted by atomic mass is 10.0. The van der Waals surface area contributed by atoms with E-state index in [4.69, 9.17) is 0 Å². The Morgan fingerprint density at radius 3 is 2.42 bits per heavy atom.